The quantitative estimate of drug-likeness (QED) is 0.749. The average molecular weight is 363 g/mol. The molecule has 0 spiro atoms. The molecule has 24 heavy (non-hydrogen) atoms. The van der Waals surface area contributed by atoms with Crippen LogP contribution in [0.15, 0.2) is 6.20 Å². The Morgan fingerprint density at radius 2 is 2.08 bits per heavy atom. The van der Waals surface area contributed by atoms with E-state index in [4.69, 9.17) is 4.74 Å². The molecule has 4 rings (SSSR count). The van der Waals surface area contributed by atoms with E-state index in [0.29, 0.717) is 16.9 Å². The summed E-state index contributed by atoms with van der Waals surface area (Å²) in [5.74, 6) is 0.485. The van der Waals surface area contributed by atoms with Crippen molar-refractivity contribution in [1.29, 1.82) is 0 Å². The molecule has 0 saturated heterocycles. The molecule has 0 amide bonds. The highest BCUT2D eigenvalue weighted by atomic mass is 32.1. The van der Waals surface area contributed by atoms with Gasteiger partial charge in [0.1, 0.15) is 4.88 Å². The van der Waals surface area contributed by atoms with E-state index >= 15 is 0 Å². The van der Waals surface area contributed by atoms with Crippen LogP contribution in [0.5, 0.6) is 0 Å². The molecule has 2 aliphatic rings. The maximum atomic E-state index is 11.8. The fraction of sp³-hybridized carbons (Fsp3) is 0.556. The van der Waals surface area contributed by atoms with Crippen LogP contribution >= 0.6 is 22.7 Å². The number of anilines is 2. The van der Waals surface area contributed by atoms with Crippen LogP contribution in [0.3, 0.4) is 0 Å². The van der Waals surface area contributed by atoms with Crippen LogP contribution in [0.1, 0.15) is 65.2 Å². The van der Waals surface area contributed by atoms with E-state index in [-0.39, 0.29) is 5.97 Å². The summed E-state index contributed by atoms with van der Waals surface area (Å²) >= 11 is 3.26. The van der Waals surface area contributed by atoms with E-state index in [0.717, 1.165) is 17.5 Å². The Balaban J connectivity index is 1.60. The van der Waals surface area contributed by atoms with Gasteiger partial charge in [0.15, 0.2) is 5.13 Å². The Morgan fingerprint density at radius 1 is 1.33 bits per heavy atom. The van der Waals surface area contributed by atoms with Gasteiger partial charge in [-0.15, -0.1) is 11.3 Å². The fourth-order valence-electron chi connectivity index (χ4n) is 3.42. The number of carbonyl (C=O) groups excluding carboxylic acids is 1. The number of aromatic nitrogens is 1. The normalized spacial score (nSPS) is 18.5. The van der Waals surface area contributed by atoms with Crippen molar-refractivity contribution in [1.82, 2.24) is 4.98 Å². The van der Waals surface area contributed by atoms with E-state index in [1.54, 1.807) is 16.6 Å². The molecule has 2 aliphatic carbocycles. The van der Waals surface area contributed by atoms with Crippen LogP contribution in [0.25, 0.3) is 0 Å². The first-order valence-corrected chi connectivity index (χ1v) is 10.1. The predicted octanol–water partition coefficient (Wildman–Crippen LogP) is 5.13. The van der Waals surface area contributed by atoms with Crippen LogP contribution in [-0.4, -0.2) is 17.6 Å². The summed E-state index contributed by atoms with van der Waals surface area (Å²) in [5, 5.41) is 5.48. The number of carbonyl (C=O) groups is 1. The molecule has 0 unspecified atom stereocenters. The number of ether oxygens (including phenoxy) is 1. The Bertz CT molecular complexity index is 787. The van der Waals surface area contributed by atoms with Crippen molar-refractivity contribution in [2.24, 2.45) is 5.41 Å². The summed E-state index contributed by atoms with van der Waals surface area (Å²) in [6.45, 7) is 6.90. The molecule has 0 aromatic carbocycles. The lowest BCUT2D eigenvalue weighted by atomic mass is 9.90. The van der Waals surface area contributed by atoms with Crippen LogP contribution in [0, 0.1) is 5.41 Å². The Hall–Kier alpha value is -1.40. The van der Waals surface area contributed by atoms with Gasteiger partial charge < -0.3 is 10.1 Å². The summed E-state index contributed by atoms with van der Waals surface area (Å²) < 4.78 is 5.04. The smallest absolute Gasteiger partial charge is 0.350 e. The standard InChI is InChI=1S/C18H22N2O2S2/c1-4-22-16(21)13-9-19-17(23-13)20-15-12-8-18(2,3)7-11(12)14(24-15)10-5-6-10/h9-10H,4-8H2,1-3H3,(H,19,20). The topological polar surface area (TPSA) is 51.2 Å². The first-order chi connectivity index (χ1) is 11.5. The molecule has 1 fully saturated rings. The molecular formula is C18H22N2O2S2. The minimum Gasteiger partial charge on any atom is -0.462 e. The Kier molecular flexibility index (Phi) is 3.92. The van der Waals surface area contributed by atoms with Crippen molar-refractivity contribution in [2.75, 3.05) is 11.9 Å². The van der Waals surface area contributed by atoms with Crippen LogP contribution in [-0.2, 0) is 17.6 Å². The number of rotatable bonds is 5. The van der Waals surface area contributed by atoms with Gasteiger partial charge in [-0.1, -0.05) is 25.2 Å². The molecule has 0 aliphatic heterocycles. The lowest BCUT2D eigenvalue weighted by Crippen LogP contribution is -2.10. The van der Waals surface area contributed by atoms with E-state index in [1.807, 2.05) is 18.3 Å². The molecule has 0 bridgehead atoms. The molecule has 2 aromatic heterocycles. The van der Waals surface area contributed by atoms with Crippen molar-refractivity contribution in [2.45, 2.75) is 52.4 Å². The number of nitrogens with zero attached hydrogens (tertiary/aromatic N) is 1. The van der Waals surface area contributed by atoms with Gasteiger partial charge in [-0.3, -0.25) is 0 Å². The molecule has 0 radical (unpaired) electrons. The zero-order valence-corrected chi connectivity index (χ0v) is 15.9. The monoisotopic (exact) mass is 362 g/mol. The number of hydrogen-bond acceptors (Lipinski definition) is 6. The van der Waals surface area contributed by atoms with E-state index in [2.05, 4.69) is 24.1 Å². The van der Waals surface area contributed by atoms with Gasteiger partial charge in [0.2, 0.25) is 0 Å². The number of thiazole rings is 1. The molecule has 128 valence electrons. The average Bonchev–Trinajstić information content (AvgIpc) is 3.04. The number of esters is 1. The maximum Gasteiger partial charge on any atom is 0.350 e. The molecule has 4 nitrogen and oxygen atoms in total. The van der Waals surface area contributed by atoms with E-state index in [1.165, 1.54) is 41.2 Å². The lowest BCUT2D eigenvalue weighted by Gasteiger charge is -2.16. The van der Waals surface area contributed by atoms with Crippen LogP contribution in [0.4, 0.5) is 10.1 Å². The second-order valence-electron chi connectivity index (χ2n) is 7.42. The highest BCUT2D eigenvalue weighted by Crippen LogP contribution is 2.54. The number of nitrogens with one attached hydrogen (secondary N) is 1. The van der Waals surface area contributed by atoms with Gasteiger partial charge in [0, 0.05) is 4.88 Å². The first kappa shape index (κ1) is 16.1. The summed E-state index contributed by atoms with van der Waals surface area (Å²) in [6.07, 6.45) is 6.56. The summed E-state index contributed by atoms with van der Waals surface area (Å²) in [6, 6.07) is 0. The molecule has 0 atom stereocenters. The van der Waals surface area contributed by atoms with Gasteiger partial charge in [-0.05, 0) is 55.1 Å². The minimum atomic E-state index is -0.292. The first-order valence-electron chi connectivity index (χ1n) is 8.51. The number of hydrogen-bond donors (Lipinski definition) is 1. The highest BCUT2D eigenvalue weighted by molar-refractivity contribution is 7.19. The zero-order chi connectivity index (χ0) is 16.9. The fourth-order valence-corrected chi connectivity index (χ4v) is 5.61. The molecular weight excluding hydrogens is 340 g/mol. The third-order valence-corrected chi connectivity index (χ3v) is 6.85. The van der Waals surface area contributed by atoms with E-state index < -0.39 is 0 Å². The largest absolute Gasteiger partial charge is 0.462 e. The number of thiophene rings is 1. The van der Waals surface area contributed by atoms with Gasteiger partial charge in [0.05, 0.1) is 17.8 Å². The lowest BCUT2D eigenvalue weighted by molar-refractivity contribution is 0.0532. The van der Waals surface area contributed by atoms with E-state index in [9.17, 15) is 4.79 Å². The predicted molar refractivity (Wildman–Crippen MR) is 98.8 cm³/mol. The van der Waals surface area contributed by atoms with Gasteiger partial charge in [-0.2, -0.15) is 0 Å². The van der Waals surface area contributed by atoms with Crippen molar-refractivity contribution in [3.8, 4) is 0 Å². The molecule has 2 heterocycles. The number of fused-ring (bicyclic) bond motifs is 1. The van der Waals surface area contributed by atoms with Gasteiger partial charge in [-0.25, -0.2) is 9.78 Å². The summed E-state index contributed by atoms with van der Waals surface area (Å²) in [7, 11) is 0. The second kappa shape index (κ2) is 5.85. The molecule has 1 N–H and O–H groups in total. The van der Waals surface area contributed by atoms with Crippen LogP contribution in [0.2, 0.25) is 0 Å². The molecule has 6 heteroatoms. The third kappa shape index (κ3) is 2.97. The maximum absolute atomic E-state index is 11.8. The highest BCUT2D eigenvalue weighted by Gasteiger charge is 2.38. The summed E-state index contributed by atoms with van der Waals surface area (Å²) in [5.41, 5.74) is 3.40. The van der Waals surface area contributed by atoms with Gasteiger partial charge in [0.25, 0.3) is 0 Å². The van der Waals surface area contributed by atoms with Crippen LogP contribution < -0.4 is 5.32 Å². The van der Waals surface area contributed by atoms with Gasteiger partial charge >= 0.3 is 5.97 Å². The van der Waals surface area contributed by atoms with Crippen molar-refractivity contribution >= 4 is 38.8 Å². The Labute approximate surface area is 150 Å². The molecule has 1 saturated carbocycles. The SMILES string of the molecule is CCOC(=O)c1cnc(Nc2sc(C3CC3)c3c2CC(C)(C)C3)s1. The third-order valence-electron chi connectivity index (χ3n) is 4.61. The zero-order valence-electron chi connectivity index (χ0n) is 14.3. The summed E-state index contributed by atoms with van der Waals surface area (Å²) in [4.78, 5) is 18.3. The van der Waals surface area contributed by atoms with Crippen molar-refractivity contribution in [3.05, 3.63) is 27.1 Å². The minimum absolute atomic E-state index is 0.292. The Morgan fingerprint density at radius 3 is 2.79 bits per heavy atom. The van der Waals surface area contributed by atoms with Crippen molar-refractivity contribution < 1.29 is 9.53 Å². The van der Waals surface area contributed by atoms with Crippen molar-refractivity contribution in [3.63, 3.8) is 0 Å². The molecule has 2 aromatic rings. The second-order valence-corrected chi connectivity index (χ2v) is 9.50.